The zero-order chi connectivity index (χ0) is 9.68. The molecule has 72 valence electrons. The van der Waals surface area contributed by atoms with E-state index in [0.717, 1.165) is 12.4 Å². The summed E-state index contributed by atoms with van der Waals surface area (Å²) < 4.78 is 6.94. The molecule has 0 atom stereocenters. The fourth-order valence-electron chi connectivity index (χ4n) is 1.12. The monoisotopic (exact) mass is 306 g/mol. The number of rotatable bonds is 4. The predicted molar refractivity (Wildman–Crippen MR) is 68.8 cm³/mol. The maximum atomic E-state index is 5.72. The van der Waals surface area contributed by atoms with Crippen molar-refractivity contribution in [1.29, 1.82) is 0 Å². The standard InChI is InChI=1S/C10H15IOSi/c1-8-4-2-5-9(11)10(8)12-6-3-7-13/h2,4-5H,3,6-7H2,1,13H3. The van der Waals surface area contributed by atoms with Crippen molar-refractivity contribution in [3.8, 4) is 5.75 Å². The van der Waals surface area contributed by atoms with Gasteiger partial charge in [0.25, 0.3) is 0 Å². The first kappa shape index (κ1) is 11.0. The lowest BCUT2D eigenvalue weighted by Gasteiger charge is -2.09. The molecular formula is C10H15IOSi. The van der Waals surface area contributed by atoms with E-state index < -0.39 is 0 Å². The van der Waals surface area contributed by atoms with Crippen LogP contribution in [0.1, 0.15) is 12.0 Å². The van der Waals surface area contributed by atoms with Gasteiger partial charge in [-0.05, 0) is 47.6 Å². The Balaban J connectivity index is 2.64. The molecule has 0 aromatic heterocycles. The van der Waals surface area contributed by atoms with E-state index >= 15 is 0 Å². The van der Waals surface area contributed by atoms with Gasteiger partial charge in [-0.25, -0.2) is 0 Å². The summed E-state index contributed by atoms with van der Waals surface area (Å²) in [5.41, 5.74) is 1.24. The molecule has 0 amide bonds. The maximum absolute atomic E-state index is 5.72. The van der Waals surface area contributed by atoms with Gasteiger partial charge in [-0.3, -0.25) is 0 Å². The summed E-state index contributed by atoms with van der Waals surface area (Å²) in [5, 5.41) is 0. The third-order valence-electron chi connectivity index (χ3n) is 1.91. The summed E-state index contributed by atoms with van der Waals surface area (Å²) >= 11 is 2.32. The van der Waals surface area contributed by atoms with Crippen molar-refractivity contribution in [2.24, 2.45) is 0 Å². The highest BCUT2D eigenvalue weighted by molar-refractivity contribution is 14.1. The maximum Gasteiger partial charge on any atom is 0.135 e. The lowest BCUT2D eigenvalue weighted by atomic mass is 10.2. The van der Waals surface area contributed by atoms with Gasteiger partial charge in [0.2, 0.25) is 0 Å². The van der Waals surface area contributed by atoms with E-state index in [0.29, 0.717) is 0 Å². The summed E-state index contributed by atoms with van der Waals surface area (Å²) in [6.45, 7) is 2.96. The molecule has 0 bridgehead atoms. The van der Waals surface area contributed by atoms with E-state index in [4.69, 9.17) is 4.74 Å². The first-order valence-electron chi connectivity index (χ1n) is 4.63. The van der Waals surface area contributed by atoms with Crippen LogP contribution < -0.4 is 4.74 Å². The van der Waals surface area contributed by atoms with E-state index in [2.05, 4.69) is 47.7 Å². The van der Waals surface area contributed by atoms with Gasteiger partial charge in [0.15, 0.2) is 0 Å². The molecule has 0 saturated heterocycles. The molecule has 0 spiro atoms. The van der Waals surface area contributed by atoms with E-state index in [9.17, 15) is 0 Å². The smallest absolute Gasteiger partial charge is 0.135 e. The minimum atomic E-state index is 0.865. The quantitative estimate of drug-likeness (QED) is 0.470. The predicted octanol–water partition coefficient (Wildman–Crippen LogP) is 2.15. The minimum absolute atomic E-state index is 0.865. The van der Waals surface area contributed by atoms with Gasteiger partial charge in [-0.2, -0.15) is 0 Å². The molecule has 1 aromatic rings. The zero-order valence-electron chi connectivity index (χ0n) is 8.14. The Labute approximate surface area is 96.4 Å². The van der Waals surface area contributed by atoms with Gasteiger partial charge in [0.1, 0.15) is 5.75 Å². The van der Waals surface area contributed by atoms with Crippen LogP contribution in [0.5, 0.6) is 5.75 Å². The van der Waals surface area contributed by atoms with Crippen LogP contribution >= 0.6 is 22.6 Å². The van der Waals surface area contributed by atoms with Gasteiger partial charge < -0.3 is 4.74 Å². The van der Waals surface area contributed by atoms with E-state index in [1.54, 1.807) is 0 Å². The SMILES string of the molecule is Cc1cccc(I)c1OCCC[SiH3]. The fraction of sp³-hybridized carbons (Fsp3) is 0.400. The second-order valence-electron chi connectivity index (χ2n) is 3.09. The van der Waals surface area contributed by atoms with Crippen molar-refractivity contribution in [2.75, 3.05) is 6.61 Å². The van der Waals surface area contributed by atoms with Crippen molar-refractivity contribution in [2.45, 2.75) is 19.4 Å². The molecule has 0 heterocycles. The molecule has 3 heteroatoms. The van der Waals surface area contributed by atoms with Crippen molar-refractivity contribution in [3.63, 3.8) is 0 Å². The molecular weight excluding hydrogens is 291 g/mol. The molecule has 0 aliphatic heterocycles. The van der Waals surface area contributed by atoms with Crippen LogP contribution in [0.2, 0.25) is 6.04 Å². The Morgan fingerprint density at radius 1 is 1.46 bits per heavy atom. The van der Waals surface area contributed by atoms with Crippen molar-refractivity contribution < 1.29 is 4.74 Å². The van der Waals surface area contributed by atoms with Gasteiger partial charge >= 0.3 is 0 Å². The third kappa shape index (κ3) is 3.30. The molecule has 1 aromatic carbocycles. The van der Waals surface area contributed by atoms with Gasteiger partial charge in [0, 0.05) is 10.2 Å². The Bertz CT molecular complexity index is 255. The highest BCUT2D eigenvalue weighted by Gasteiger charge is 2.02. The van der Waals surface area contributed by atoms with E-state index in [-0.39, 0.29) is 0 Å². The number of hydrogen-bond donors (Lipinski definition) is 0. The number of halogens is 1. The second kappa shape index (κ2) is 5.65. The van der Waals surface area contributed by atoms with Crippen molar-refractivity contribution in [1.82, 2.24) is 0 Å². The minimum Gasteiger partial charge on any atom is -0.492 e. The van der Waals surface area contributed by atoms with E-state index in [1.165, 1.54) is 31.8 Å². The van der Waals surface area contributed by atoms with Gasteiger partial charge in [-0.15, -0.1) is 0 Å². The largest absolute Gasteiger partial charge is 0.492 e. The van der Waals surface area contributed by atoms with Crippen LogP contribution in [0.3, 0.4) is 0 Å². The van der Waals surface area contributed by atoms with E-state index in [1.807, 2.05) is 0 Å². The van der Waals surface area contributed by atoms with Crippen LogP contribution in [-0.2, 0) is 0 Å². The molecule has 1 nitrogen and oxygen atoms in total. The highest BCUT2D eigenvalue weighted by atomic mass is 127. The van der Waals surface area contributed by atoms with Crippen LogP contribution in [0, 0.1) is 10.5 Å². The molecule has 13 heavy (non-hydrogen) atoms. The van der Waals surface area contributed by atoms with Gasteiger partial charge in [-0.1, -0.05) is 18.2 Å². The Morgan fingerprint density at radius 2 is 2.23 bits per heavy atom. The average Bonchev–Trinajstić information content (AvgIpc) is 2.10. The average molecular weight is 306 g/mol. The molecule has 0 unspecified atom stereocenters. The zero-order valence-corrected chi connectivity index (χ0v) is 12.3. The number of hydrogen-bond acceptors (Lipinski definition) is 1. The number of benzene rings is 1. The molecule has 0 fully saturated rings. The second-order valence-corrected chi connectivity index (χ2v) is 5.25. The van der Waals surface area contributed by atoms with Gasteiger partial charge in [0.05, 0.1) is 10.2 Å². The third-order valence-corrected chi connectivity index (χ3v) is 3.46. The van der Waals surface area contributed by atoms with Crippen LogP contribution in [0.4, 0.5) is 0 Å². The summed E-state index contributed by atoms with van der Waals surface area (Å²) in [6.07, 6.45) is 1.19. The first-order valence-corrected chi connectivity index (χ1v) is 7.13. The molecule has 0 aliphatic rings. The Kier molecular flexibility index (Phi) is 4.80. The number of para-hydroxylation sites is 1. The Morgan fingerprint density at radius 3 is 2.85 bits per heavy atom. The van der Waals surface area contributed by atoms with Crippen LogP contribution in [-0.4, -0.2) is 16.8 Å². The van der Waals surface area contributed by atoms with Crippen LogP contribution in [0.25, 0.3) is 0 Å². The molecule has 1 rings (SSSR count). The Hall–Kier alpha value is -0.0331. The highest BCUT2D eigenvalue weighted by Crippen LogP contribution is 2.24. The topological polar surface area (TPSA) is 9.23 Å². The lowest BCUT2D eigenvalue weighted by Crippen LogP contribution is -2.00. The number of aryl methyl sites for hydroxylation is 1. The first-order chi connectivity index (χ1) is 6.25. The summed E-state index contributed by atoms with van der Waals surface area (Å²) in [4.78, 5) is 0. The molecule has 0 radical (unpaired) electrons. The fourth-order valence-corrected chi connectivity index (χ4v) is 2.20. The summed E-state index contributed by atoms with van der Waals surface area (Å²) in [7, 11) is 1.28. The van der Waals surface area contributed by atoms with Crippen molar-refractivity contribution >= 4 is 32.8 Å². The molecule has 0 saturated carbocycles. The van der Waals surface area contributed by atoms with Crippen molar-refractivity contribution in [3.05, 3.63) is 27.3 Å². The molecule has 0 aliphatic carbocycles. The summed E-state index contributed by atoms with van der Waals surface area (Å²) in [6, 6.07) is 7.57. The lowest BCUT2D eigenvalue weighted by molar-refractivity contribution is 0.313. The molecule has 0 N–H and O–H groups in total. The number of ether oxygens (including phenoxy) is 1. The van der Waals surface area contributed by atoms with Crippen LogP contribution in [0.15, 0.2) is 18.2 Å². The summed E-state index contributed by atoms with van der Waals surface area (Å²) in [5.74, 6) is 1.07. The normalized spacial score (nSPS) is 10.3.